The maximum Gasteiger partial charge on any atom is 0.159 e. The molecular weight excluding hydrogens is 318 g/mol. The van der Waals surface area contributed by atoms with E-state index >= 15 is 0 Å². The normalized spacial score (nSPS) is 10.7. The van der Waals surface area contributed by atoms with Crippen molar-refractivity contribution in [2.24, 2.45) is 0 Å². The third-order valence-electron chi connectivity index (χ3n) is 4.55. The molecule has 0 unspecified atom stereocenters. The van der Waals surface area contributed by atoms with Gasteiger partial charge in [0.1, 0.15) is 0 Å². The molecule has 2 heteroatoms. The SMILES string of the molecule is CC(=O)c1ccc(-n2cc(-c3ccccc3)cc2-c2ccccc2)cc1. The number of ketones is 1. The Morgan fingerprint density at radius 3 is 1.85 bits per heavy atom. The Morgan fingerprint density at radius 2 is 1.27 bits per heavy atom. The van der Waals surface area contributed by atoms with Crippen molar-refractivity contribution < 1.29 is 4.79 Å². The zero-order valence-corrected chi connectivity index (χ0v) is 14.6. The van der Waals surface area contributed by atoms with Gasteiger partial charge in [0.15, 0.2) is 5.78 Å². The number of hydrogen-bond donors (Lipinski definition) is 0. The van der Waals surface area contributed by atoms with Gasteiger partial charge in [-0.1, -0.05) is 60.7 Å². The first-order chi connectivity index (χ1) is 12.7. The number of rotatable bonds is 4. The summed E-state index contributed by atoms with van der Waals surface area (Å²) in [6.45, 7) is 1.59. The summed E-state index contributed by atoms with van der Waals surface area (Å²) in [4.78, 5) is 11.6. The smallest absolute Gasteiger partial charge is 0.159 e. The summed E-state index contributed by atoms with van der Waals surface area (Å²) >= 11 is 0. The minimum atomic E-state index is 0.0808. The molecule has 0 saturated carbocycles. The first kappa shape index (κ1) is 16.1. The van der Waals surface area contributed by atoms with E-state index in [1.54, 1.807) is 6.92 Å². The zero-order chi connectivity index (χ0) is 17.9. The lowest BCUT2D eigenvalue weighted by atomic mass is 10.1. The Kier molecular flexibility index (Phi) is 4.24. The Bertz CT molecular complexity index is 1030. The number of hydrogen-bond acceptors (Lipinski definition) is 1. The van der Waals surface area contributed by atoms with E-state index in [0.29, 0.717) is 0 Å². The van der Waals surface area contributed by atoms with Crippen molar-refractivity contribution in [1.82, 2.24) is 4.57 Å². The Hall–Kier alpha value is -3.39. The van der Waals surface area contributed by atoms with Crippen LogP contribution in [0.1, 0.15) is 17.3 Å². The molecule has 1 heterocycles. The van der Waals surface area contributed by atoms with Gasteiger partial charge in [-0.05, 0) is 48.4 Å². The molecule has 0 atom stereocenters. The molecule has 4 aromatic rings. The maximum absolute atomic E-state index is 11.6. The third kappa shape index (κ3) is 3.09. The highest BCUT2D eigenvalue weighted by Gasteiger charge is 2.11. The van der Waals surface area contributed by atoms with E-state index in [0.717, 1.165) is 22.5 Å². The van der Waals surface area contributed by atoms with Gasteiger partial charge in [0, 0.05) is 23.0 Å². The van der Waals surface area contributed by atoms with Gasteiger partial charge >= 0.3 is 0 Å². The summed E-state index contributed by atoms with van der Waals surface area (Å²) in [5.41, 5.74) is 6.40. The van der Waals surface area contributed by atoms with Gasteiger partial charge in [0.05, 0.1) is 5.69 Å². The molecule has 0 spiro atoms. The summed E-state index contributed by atoms with van der Waals surface area (Å²) in [6.07, 6.45) is 2.15. The number of nitrogens with zero attached hydrogens (tertiary/aromatic N) is 1. The second-order valence-electron chi connectivity index (χ2n) is 6.32. The fraction of sp³-hybridized carbons (Fsp3) is 0.0417. The molecule has 0 amide bonds. The lowest BCUT2D eigenvalue weighted by Gasteiger charge is -2.10. The fourth-order valence-corrected chi connectivity index (χ4v) is 3.15. The van der Waals surface area contributed by atoms with Crippen LogP contribution in [0.5, 0.6) is 0 Å². The lowest BCUT2D eigenvalue weighted by Crippen LogP contribution is -1.97. The van der Waals surface area contributed by atoms with Crippen molar-refractivity contribution in [1.29, 1.82) is 0 Å². The van der Waals surface area contributed by atoms with Crippen LogP contribution in [-0.4, -0.2) is 10.4 Å². The summed E-state index contributed by atoms with van der Waals surface area (Å²) in [5.74, 6) is 0.0808. The van der Waals surface area contributed by atoms with E-state index in [2.05, 4.69) is 53.2 Å². The number of benzene rings is 3. The van der Waals surface area contributed by atoms with Gasteiger partial charge in [0.25, 0.3) is 0 Å². The molecule has 126 valence electrons. The second-order valence-corrected chi connectivity index (χ2v) is 6.32. The Morgan fingerprint density at radius 1 is 0.692 bits per heavy atom. The Balaban J connectivity index is 1.87. The van der Waals surface area contributed by atoms with E-state index in [1.165, 1.54) is 11.1 Å². The summed E-state index contributed by atoms with van der Waals surface area (Å²) in [5, 5.41) is 0. The van der Waals surface area contributed by atoms with E-state index in [1.807, 2.05) is 48.5 Å². The predicted molar refractivity (Wildman–Crippen MR) is 107 cm³/mol. The fourth-order valence-electron chi connectivity index (χ4n) is 3.15. The zero-order valence-electron chi connectivity index (χ0n) is 14.6. The lowest BCUT2D eigenvalue weighted by molar-refractivity contribution is 0.101. The summed E-state index contributed by atoms with van der Waals surface area (Å²) in [6, 6.07) is 30.7. The van der Waals surface area contributed by atoms with E-state index in [-0.39, 0.29) is 5.78 Å². The molecule has 3 aromatic carbocycles. The molecule has 0 fully saturated rings. The highest BCUT2D eigenvalue weighted by Crippen LogP contribution is 2.31. The predicted octanol–water partition coefficient (Wildman–Crippen LogP) is 6.01. The third-order valence-corrected chi connectivity index (χ3v) is 4.55. The average molecular weight is 337 g/mol. The van der Waals surface area contributed by atoms with E-state index < -0.39 is 0 Å². The van der Waals surface area contributed by atoms with Crippen LogP contribution in [0, 0.1) is 0 Å². The molecule has 0 aliphatic rings. The molecule has 1 aromatic heterocycles. The van der Waals surface area contributed by atoms with Crippen LogP contribution >= 0.6 is 0 Å². The number of Topliss-reactive ketones (excluding diaryl/α,β-unsaturated/α-hetero) is 1. The number of aromatic nitrogens is 1. The quantitative estimate of drug-likeness (QED) is 0.418. The van der Waals surface area contributed by atoms with Crippen LogP contribution in [0.3, 0.4) is 0 Å². The summed E-state index contributed by atoms with van der Waals surface area (Å²) < 4.78 is 2.18. The minimum Gasteiger partial charge on any atom is -0.316 e. The first-order valence-electron chi connectivity index (χ1n) is 8.67. The van der Waals surface area contributed by atoms with Gasteiger partial charge in [-0.2, -0.15) is 0 Å². The first-order valence-corrected chi connectivity index (χ1v) is 8.67. The topological polar surface area (TPSA) is 22.0 Å². The summed E-state index contributed by atoms with van der Waals surface area (Å²) in [7, 11) is 0. The van der Waals surface area contributed by atoms with E-state index in [4.69, 9.17) is 0 Å². The number of carbonyl (C=O) groups is 1. The molecule has 2 nitrogen and oxygen atoms in total. The van der Waals surface area contributed by atoms with Gasteiger partial charge in [-0.15, -0.1) is 0 Å². The van der Waals surface area contributed by atoms with Gasteiger partial charge in [-0.25, -0.2) is 0 Å². The highest BCUT2D eigenvalue weighted by atomic mass is 16.1. The Labute approximate surface area is 153 Å². The van der Waals surface area contributed by atoms with Crippen LogP contribution < -0.4 is 0 Å². The molecule has 0 aliphatic heterocycles. The van der Waals surface area contributed by atoms with Crippen molar-refractivity contribution in [3.05, 3.63) is 103 Å². The monoisotopic (exact) mass is 337 g/mol. The van der Waals surface area contributed by atoms with Gasteiger partial charge in [0.2, 0.25) is 0 Å². The van der Waals surface area contributed by atoms with Crippen LogP contribution in [0.2, 0.25) is 0 Å². The standard InChI is InChI=1S/C24H19NO/c1-18(26)19-12-14-23(15-13-19)25-17-22(20-8-4-2-5-9-20)16-24(25)21-10-6-3-7-11-21/h2-17H,1H3. The van der Waals surface area contributed by atoms with Crippen molar-refractivity contribution in [2.75, 3.05) is 0 Å². The van der Waals surface area contributed by atoms with Gasteiger partial charge < -0.3 is 4.57 Å². The average Bonchev–Trinajstić information content (AvgIpc) is 3.15. The minimum absolute atomic E-state index is 0.0808. The largest absolute Gasteiger partial charge is 0.316 e. The van der Waals surface area contributed by atoms with Crippen molar-refractivity contribution in [3.8, 4) is 28.1 Å². The van der Waals surface area contributed by atoms with Crippen LogP contribution in [0.15, 0.2) is 97.2 Å². The van der Waals surface area contributed by atoms with E-state index in [9.17, 15) is 4.79 Å². The molecular formula is C24H19NO. The molecule has 0 aliphatic carbocycles. The number of carbonyl (C=O) groups excluding carboxylic acids is 1. The molecule has 4 rings (SSSR count). The molecule has 0 N–H and O–H groups in total. The maximum atomic E-state index is 11.6. The van der Waals surface area contributed by atoms with Gasteiger partial charge in [-0.3, -0.25) is 4.79 Å². The van der Waals surface area contributed by atoms with Crippen molar-refractivity contribution in [3.63, 3.8) is 0 Å². The van der Waals surface area contributed by atoms with Crippen molar-refractivity contribution in [2.45, 2.75) is 6.92 Å². The highest BCUT2D eigenvalue weighted by molar-refractivity contribution is 5.94. The van der Waals surface area contributed by atoms with Crippen LogP contribution in [-0.2, 0) is 0 Å². The van der Waals surface area contributed by atoms with Crippen LogP contribution in [0.4, 0.5) is 0 Å². The van der Waals surface area contributed by atoms with Crippen LogP contribution in [0.25, 0.3) is 28.1 Å². The second kappa shape index (κ2) is 6.85. The molecule has 0 radical (unpaired) electrons. The molecule has 0 bridgehead atoms. The molecule has 0 saturated heterocycles. The molecule has 26 heavy (non-hydrogen) atoms. The van der Waals surface area contributed by atoms with Crippen molar-refractivity contribution >= 4 is 5.78 Å².